The first-order valence-electron chi connectivity index (χ1n) is 7.39. The van der Waals surface area contributed by atoms with E-state index in [0.29, 0.717) is 11.0 Å². The summed E-state index contributed by atoms with van der Waals surface area (Å²) >= 11 is 1.45. The van der Waals surface area contributed by atoms with Crippen molar-refractivity contribution < 1.29 is 0 Å². The number of rotatable bonds is 5. The third kappa shape index (κ3) is 2.70. The maximum Gasteiger partial charge on any atom is 0.275 e. The summed E-state index contributed by atoms with van der Waals surface area (Å²) in [4.78, 5) is 16.5. The molecule has 2 atom stereocenters. The topological polar surface area (TPSA) is 59.3 Å². The highest BCUT2D eigenvalue weighted by atomic mass is 32.1. The second-order valence-corrected chi connectivity index (χ2v) is 6.42. The van der Waals surface area contributed by atoms with Crippen LogP contribution >= 0.6 is 11.3 Å². The number of nitrogens with zero attached hydrogens (tertiary/aromatic N) is 3. The Morgan fingerprint density at radius 3 is 3.20 bits per heavy atom. The lowest BCUT2D eigenvalue weighted by Crippen LogP contribution is -2.24. The molecule has 0 spiro atoms. The van der Waals surface area contributed by atoms with E-state index in [-0.39, 0.29) is 5.56 Å². The Balaban J connectivity index is 1.75. The summed E-state index contributed by atoms with van der Waals surface area (Å²) in [5, 5.41) is 8.68. The predicted molar refractivity (Wildman–Crippen MR) is 81.4 cm³/mol. The fraction of sp³-hybridized carbons (Fsp3) is 0.643. The number of fused-ring (bicyclic) bond motifs is 1. The quantitative estimate of drug-likeness (QED) is 0.920. The standard InChI is InChI=1S/C14H20N4OS/c1-2-3-5-10-6-4-7-11(10)16-13-17-18-12(19)8-9-15-14(18)20-13/h8-11H,2-7H2,1H3,(H,16,17)/t10-,11-/m0/s1. The summed E-state index contributed by atoms with van der Waals surface area (Å²) in [5.41, 5.74) is -0.117. The molecule has 0 unspecified atom stereocenters. The van der Waals surface area contributed by atoms with Crippen LogP contribution in [0.3, 0.4) is 0 Å². The number of hydrogen-bond acceptors (Lipinski definition) is 5. The smallest absolute Gasteiger partial charge is 0.275 e. The molecule has 1 N–H and O–H groups in total. The maximum atomic E-state index is 11.7. The number of anilines is 1. The summed E-state index contributed by atoms with van der Waals surface area (Å²) in [6.45, 7) is 2.24. The Morgan fingerprint density at radius 1 is 1.50 bits per heavy atom. The molecule has 0 amide bonds. The van der Waals surface area contributed by atoms with Crippen LogP contribution in [0.25, 0.3) is 4.96 Å². The summed E-state index contributed by atoms with van der Waals surface area (Å²) < 4.78 is 1.38. The van der Waals surface area contributed by atoms with Gasteiger partial charge in [0.1, 0.15) is 0 Å². The molecule has 0 aliphatic heterocycles. The molecule has 0 aromatic carbocycles. The van der Waals surface area contributed by atoms with Crippen molar-refractivity contribution in [2.75, 3.05) is 5.32 Å². The van der Waals surface area contributed by atoms with Crippen LogP contribution in [0.2, 0.25) is 0 Å². The number of unbranched alkanes of at least 4 members (excludes halogenated alkanes) is 1. The zero-order valence-electron chi connectivity index (χ0n) is 11.7. The third-order valence-electron chi connectivity index (χ3n) is 4.07. The van der Waals surface area contributed by atoms with Crippen molar-refractivity contribution in [3.8, 4) is 0 Å². The highest BCUT2D eigenvalue weighted by Crippen LogP contribution is 2.32. The molecule has 1 saturated carbocycles. The highest BCUT2D eigenvalue weighted by molar-refractivity contribution is 7.20. The van der Waals surface area contributed by atoms with E-state index in [1.165, 1.54) is 60.4 Å². The van der Waals surface area contributed by atoms with E-state index in [1.807, 2.05) is 0 Å². The Labute approximate surface area is 122 Å². The zero-order chi connectivity index (χ0) is 13.9. The minimum Gasteiger partial charge on any atom is -0.357 e. The third-order valence-corrected chi connectivity index (χ3v) is 4.92. The van der Waals surface area contributed by atoms with Gasteiger partial charge in [-0.3, -0.25) is 4.79 Å². The Bertz CT molecular complexity index is 635. The van der Waals surface area contributed by atoms with Crippen molar-refractivity contribution in [2.45, 2.75) is 51.5 Å². The van der Waals surface area contributed by atoms with Crippen LogP contribution in [0.4, 0.5) is 5.13 Å². The molecule has 2 aromatic rings. The molecule has 1 fully saturated rings. The number of aromatic nitrogens is 3. The molecular formula is C14H20N4OS. The average molecular weight is 292 g/mol. The van der Waals surface area contributed by atoms with Gasteiger partial charge in [-0.05, 0) is 25.2 Å². The molecule has 2 heterocycles. The van der Waals surface area contributed by atoms with Gasteiger partial charge in [0.2, 0.25) is 10.1 Å². The Kier molecular flexibility index (Phi) is 4.00. The molecule has 1 aliphatic carbocycles. The minimum atomic E-state index is -0.117. The first-order valence-corrected chi connectivity index (χ1v) is 8.21. The van der Waals surface area contributed by atoms with Crippen LogP contribution < -0.4 is 10.9 Å². The van der Waals surface area contributed by atoms with Gasteiger partial charge >= 0.3 is 0 Å². The Hall–Kier alpha value is -1.43. The summed E-state index contributed by atoms with van der Waals surface area (Å²) in [5.74, 6) is 0.742. The SMILES string of the molecule is CCCC[C@H]1CCC[C@@H]1Nc1nn2c(=O)ccnc2s1. The summed E-state index contributed by atoms with van der Waals surface area (Å²) in [7, 11) is 0. The van der Waals surface area contributed by atoms with Crippen LogP contribution in [-0.2, 0) is 0 Å². The van der Waals surface area contributed by atoms with Crippen molar-refractivity contribution in [1.29, 1.82) is 0 Å². The lowest BCUT2D eigenvalue weighted by atomic mass is 9.97. The molecule has 3 rings (SSSR count). The lowest BCUT2D eigenvalue weighted by Gasteiger charge is -2.19. The number of nitrogens with one attached hydrogen (secondary N) is 1. The Morgan fingerprint density at radius 2 is 2.40 bits per heavy atom. The monoisotopic (exact) mass is 292 g/mol. The first-order chi connectivity index (χ1) is 9.78. The van der Waals surface area contributed by atoms with Crippen LogP contribution in [0.15, 0.2) is 17.1 Å². The molecular weight excluding hydrogens is 272 g/mol. The maximum absolute atomic E-state index is 11.7. The molecule has 20 heavy (non-hydrogen) atoms. The molecule has 5 nitrogen and oxygen atoms in total. The molecule has 0 bridgehead atoms. The van der Waals surface area contributed by atoms with Gasteiger partial charge in [-0.1, -0.05) is 37.5 Å². The van der Waals surface area contributed by atoms with Crippen LogP contribution in [-0.4, -0.2) is 20.6 Å². The largest absolute Gasteiger partial charge is 0.357 e. The fourth-order valence-corrected chi connectivity index (χ4v) is 3.84. The van der Waals surface area contributed by atoms with Gasteiger partial charge in [-0.25, -0.2) is 4.98 Å². The zero-order valence-corrected chi connectivity index (χ0v) is 12.5. The minimum absolute atomic E-state index is 0.117. The number of hydrogen-bond donors (Lipinski definition) is 1. The van der Waals surface area contributed by atoms with Crippen LogP contribution in [0.1, 0.15) is 45.4 Å². The summed E-state index contributed by atoms with van der Waals surface area (Å²) in [6, 6.07) is 1.94. The second-order valence-electron chi connectivity index (χ2n) is 5.47. The van der Waals surface area contributed by atoms with Gasteiger partial charge < -0.3 is 5.32 Å². The van der Waals surface area contributed by atoms with E-state index >= 15 is 0 Å². The van der Waals surface area contributed by atoms with Crippen LogP contribution in [0.5, 0.6) is 0 Å². The van der Waals surface area contributed by atoms with Crippen molar-refractivity contribution in [1.82, 2.24) is 14.6 Å². The van der Waals surface area contributed by atoms with Crippen LogP contribution in [0, 0.1) is 5.92 Å². The van der Waals surface area contributed by atoms with Crippen molar-refractivity contribution >= 4 is 21.4 Å². The predicted octanol–water partition coefficient (Wildman–Crippen LogP) is 2.92. The lowest BCUT2D eigenvalue weighted by molar-refractivity contribution is 0.448. The second kappa shape index (κ2) is 5.91. The van der Waals surface area contributed by atoms with Crippen molar-refractivity contribution in [3.63, 3.8) is 0 Å². The van der Waals surface area contributed by atoms with Gasteiger partial charge in [0.15, 0.2) is 0 Å². The van der Waals surface area contributed by atoms with Gasteiger partial charge in [0.25, 0.3) is 5.56 Å². The molecule has 0 radical (unpaired) electrons. The van der Waals surface area contributed by atoms with Crippen molar-refractivity contribution in [3.05, 3.63) is 22.6 Å². The summed E-state index contributed by atoms with van der Waals surface area (Å²) in [6.07, 6.45) is 9.17. The average Bonchev–Trinajstić information content (AvgIpc) is 3.04. The molecule has 0 saturated heterocycles. The van der Waals surface area contributed by atoms with E-state index in [0.717, 1.165) is 11.0 Å². The molecule has 1 aliphatic rings. The van der Waals surface area contributed by atoms with Gasteiger partial charge in [0, 0.05) is 18.3 Å². The van der Waals surface area contributed by atoms with E-state index in [1.54, 1.807) is 6.20 Å². The van der Waals surface area contributed by atoms with E-state index < -0.39 is 0 Å². The first kappa shape index (κ1) is 13.5. The van der Waals surface area contributed by atoms with E-state index in [4.69, 9.17) is 0 Å². The molecule has 2 aromatic heterocycles. The van der Waals surface area contributed by atoms with Crippen molar-refractivity contribution in [2.24, 2.45) is 5.92 Å². The normalized spacial score (nSPS) is 22.4. The molecule has 6 heteroatoms. The fourth-order valence-electron chi connectivity index (χ4n) is 3.00. The molecule has 108 valence electrons. The van der Waals surface area contributed by atoms with Gasteiger partial charge in [-0.2, -0.15) is 4.52 Å². The van der Waals surface area contributed by atoms with E-state index in [9.17, 15) is 4.79 Å². The van der Waals surface area contributed by atoms with Gasteiger partial charge in [0.05, 0.1) is 0 Å². The highest BCUT2D eigenvalue weighted by Gasteiger charge is 2.27. The van der Waals surface area contributed by atoms with Gasteiger partial charge in [-0.15, -0.1) is 5.10 Å². The van der Waals surface area contributed by atoms with E-state index in [2.05, 4.69) is 22.3 Å².